The van der Waals surface area contributed by atoms with Crippen molar-refractivity contribution >= 4 is 5.78 Å². The number of Topliss-reactive ketones (excluding diaryl/α,β-unsaturated/α-hetero) is 1. The first-order chi connectivity index (χ1) is 12.6. The van der Waals surface area contributed by atoms with Crippen LogP contribution in [0.4, 0.5) is 0 Å². The fraction of sp³-hybridized carbons (Fsp3) is 0.381. The molecule has 2 aromatic rings. The van der Waals surface area contributed by atoms with Crippen LogP contribution < -0.4 is 14.2 Å². The molecule has 0 unspecified atom stereocenters. The predicted molar refractivity (Wildman–Crippen MR) is 97.8 cm³/mol. The van der Waals surface area contributed by atoms with Crippen LogP contribution in [0.1, 0.15) is 41.6 Å². The van der Waals surface area contributed by atoms with Crippen LogP contribution in [0.5, 0.6) is 17.2 Å². The first-order valence-electron chi connectivity index (χ1n) is 8.80. The van der Waals surface area contributed by atoms with Crippen LogP contribution in [0.2, 0.25) is 0 Å². The minimum atomic E-state index is 0.0801. The van der Waals surface area contributed by atoms with Gasteiger partial charge < -0.3 is 14.2 Å². The Balaban J connectivity index is 1.71. The highest BCUT2D eigenvalue weighted by atomic mass is 16.5. The van der Waals surface area contributed by atoms with E-state index < -0.39 is 0 Å². The molecule has 0 amide bonds. The van der Waals surface area contributed by atoms with E-state index in [2.05, 4.69) is 17.0 Å². The van der Waals surface area contributed by atoms with Gasteiger partial charge in [0, 0.05) is 31.5 Å². The van der Waals surface area contributed by atoms with Crippen molar-refractivity contribution in [1.29, 1.82) is 0 Å². The maximum atomic E-state index is 12.5. The van der Waals surface area contributed by atoms with Crippen molar-refractivity contribution in [2.45, 2.75) is 31.5 Å². The highest BCUT2D eigenvalue weighted by molar-refractivity contribution is 5.81. The zero-order chi connectivity index (χ0) is 18.3. The van der Waals surface area contributed by atoms with Crippen LogP contribution in [-0.2, 0) is 11.3 Å². The van der Waals surface area contributed by atoms with E-state index in [4.69, 9.17) is 14.2 Å². The molecule has 2 aliphatic rings. The van der Waals surface area contributed by atoms with Gasteiger partial charge in [0.2, 0.25) is 0 Å². The Bertz CT molecular complexity index is 831. The summed E-state index contributed by atoms with van der Waals surface area (Å²) in [4.78, 5) is 14.9. The second kappa shape index (κ2) is 6.65. The number of benzene rings is 2. The second-order valence-electron chi connectivity index (χ2n) is 6.83. The summed E-state index contributed by atoms with van der Waals surface area (Å²) < 4.78 is 16.2. The van der Waals surface area contributed by atoms with Gasteiger partial charge in [-0.05, 0) is 41.0 Å². The number of nitrogens with zero attached hydrogens (tertiary/aromatic N) is 1. The predicted octanol–water partition coefficient (Wildman–Crippen LogP) is 3.67. The molecule has 1 fully saturated rings. The van der Waals surface area contributed by atoms with Gasteiger partial charge in [-0.3, -0.25) is 9.69 Å². The summed E-state index contributed by atoms with van der Waals surface area (Å²) in [6.45, 7) is 0.810. The van der Waals surface area contributed by atoms with Gasteiger partial charge in [-0.25, -0.2) is 0 Å². The molecule has 0 bridgehead atoms. The van der Waals surface area contributed by atoms with Crippen LogP contribution in [0, 0.1) is 0 Å². The molecule has 2 atom stereocenters. The van der Waals surface area contributed by atoms with Crippen molar-refractivity contribution in [1.82, 2.24) is 4.90 Å². The van der Waals surface area contributed by atoms with Crippen molar-refractivity contribution in [2.75, 3.05) is 21.3 Å². The Kier molecular flexibility index (Phi) is 4.32. The molecule has 0 N–H and O–H groups in total. The van der Waals surface area contributed by atoms with E-state index in [-0.39, 0.29) is 12.1 Å². The summed E-state index contributed by atoms with van der Waals surface area (Å²) in [5, 5.41) is 0. The molecule has 0 aliphatic carbocycles. The molecule has 0 radical (unpaired) electrons. The van der Waals surface area contributed by atoms with Gasteiger partial charge in [0.15, 0.2) is 11.5 Å². The van der Waals surface area contributed by atoms with Crippen LogP contribution in [-0.4, -0.2) is 32.0 Å². The summed E-state index contributed by atoms with van der Waals surface area (Å²) in [6, 6.07) is 12.3. The Morgan fingerprint density at radius 2 is 1.54 bits per heavy atom. The monoisotopic (exact) mass is 353 g/mol. The highest BCUT2D eigenvalue weighted by Crippen LogP contribution is 2.49. The number of hydrogen-bond acceptors (Lipinski definition) is 5. The zero-order valence-electron chi connectivity index (χ0n) is 15.3. The molecular formula is C21H23NO4. The largest absolute Gasteiger partial charge is 0.497 e. The standard InChI is InChI=1S/C21H23NO4/c1-24-16-6-4-13(5-7-16)18-9-15(23)10-19-17-11-21(26-3)20(25-2)8-14(17)12-22(18)19/h4-8,11,18-19H,9-10,12H2,1-3H3/t18-,19-/m1/s1. The third-order valence-corrected chi connectivity index (χ3v) is 5.50. The number of ketones is 1. The Hall–Kier alpha value is -2.53. The number of fused-ring (bicyclic) bond motifs is 3. The molecule has 0 saturated carbocycles. The quantitative estimate of drug-likeness (QED) is 0.839. The average molecular weight is 353 g/mol. The van der Waals surface area contributed by atoms with Crippen LogP contribution >= 0.6 is 0 Å². The molecule has 5 heteroatoms. The SMILES string of the molecule is COc1ccc([C@H]2CC(=O)C[C@@H]3c4cc(OC)c(OC)cc4CN23)cc1. The fourth-order valence-corrected chi connectivity index (χ4v) is 4.19. The summed E-state index contributed by atoms with van der Waals surface area (Å²) in [5.74, 6) is 2.58. The molecule has 2 heterocycles. The van der Waals surface area contributed by atoms with Crippen LogP contribution in [0.25, 0.3) is 0 Å². The van der Waals surface area contributed by atoms with E-state index in [1.54, 1.807) is 21.3 Å². The van der Waals surface area contributed by atoms with Crippen LogP contribution in [0.3, 0.4) is 0 Å². The van der Waals surface area contributed by atoms with E-state index >= 15 is 0 Å². The first kappa shape index (κ1) is 16.9. The van der Waals surface area contributed by atoms with Crippen molar-refractivity contribution in [3.05, 3.63) is 53.1 Å². The van der Waals surface area contributed by atoms with Crippen molar-refractivity contribution in [2.24, 2.45) is 0 Å². The maximum Gasteiger partial charge on any atom is 0.161 e. The number of methoxy groups -OCH3 is 3. The smallest absolute Gasteiger partial charge is 0.161 e. The summed E-state index contributed by atoms with van der Waals surface area (Å²) in [6.07, 6.45) is 1.10. The summed E-state index contributed by atoms with van der Waals surface area (Å²) in [7, 11) is 4.95. The molecular weight excluding hydrogens is 330 g/mol. The van der Waals surface area contributed by atoms with E-state index in [1.165, 1.54) is 11.1 Å². The van der Waals surface area contributed by atoms with Gasteiger partial charge in [-0.15, -0.1) is 0 Å². The maximum absolute atomic E-state index is 12.5. The molecule has 136 valence electrons. The first-order valence-corrected chi connectivity index (χ1v) is 8.80. The van der Waals surface area contributed by atoms with E-state index in [0.29, 0.717) is 24.4 Å². The van der Waals surface area contributed by atoms with Crippen molar-refractivity contribution < 1.29 is 19.0 Å². The molecule has 2 aromatic carbocycles. The number of carbonyl (C=O) groups excluding carboxylic acids is 1. The molecule has 1 saturated heterocycles. The van der Waals surface area contributed by atoms with Gasteiger partial charge in [-0.2, -0.15) is 0 Å². The minimum Gasteiger partial charge on any atom is -0.497 e. The third-order valence-electron chi connectivity index (χ3n) is 5.50. The number of ether oxygens (including phenoxy) is 3. The Morgan fingerprint density at radius 1 is 0.885 bits per heavy atom. The topological polar surface area (TPSA) is 48.0 Å². The number of hydrogen-bond donors (Lipinski definition) is 0. The number of rotatable bonds is 4. The van der Waals surface area contributed by atoms with Gasteiger partial charge in [0.05, 0.1) is 21.3 Å². The molecule has 5 nitrogen and oxygen atoms in total. The Labute approximate surface area is 153 Å². The molecule has 0 aromatic heterocycles. The summed E-state index contributed by atoms with van der Waals surface area (Å²) in [5.41, 5.74) is 3.53. The number of carbonyl (C=O) groups is 1. The third kappa shape index (κ3) is 2.72. The van der Waals surface area contributed by atoms with Crippen molar-refractivity contribution in [3.8, 4) is 17.2 Å². The minimum absolute atomic E-state index is 0.0801. The lowest BCUT2D eigenvalue weighted by atomic mass is 9.89. The van der Waals surface area contributed by atoms with Gasteiger partial charge in [0.25, 0.3) is 0 Å². The lowest BCUT2D eigenvalue weighted by Crippen LogP contribution is -2.35. The van der Waals surface area contributed by atoms with Crippen LogP contribution in [0.15, 0.2) is 36.4 Å². The van der Waals surface area contributed by atoms with E-state index in [1.807, 2.05) is 24.3 Å². The second-order valence-corrected chi connectivity index (χ2v) is 6.83. The van der Waals surface area contributed by atoms with E-state index in [9.17, 15) is 4.79 Å². The highest BCUT2D eigenvalue weighted by Gasteiger charge is 2.41. The zero-order valence-corrected chi connectivity index (χ0v) is 15.3. The average Bonchev–Trinajstić information content (AvgIpc) is 3.03. The fourth-order valence-electron chi connectivity index (χ4n) is 4.19. The molecule has 26 heavy (non-hydrogen) atoms. The van der Waals surface area contributed by atoms with Gasteiger partial charge >= 0.3 is 0 Å². The Morgan fingerprint density at radius 3 is 2.19 bits per heavy atom. The molecule has 4 rings (SSSR count). The van der Waals surface area contributed by atoms with E-state index in [0.717, 1.165) is 23.6 Å². The lowest BCUT2D eigenvalue weighted by molar-refractivity contribution is -0.125. The van der Waals surface area contributed by atoms with Gasteiger partial charge in [-0.1, -0.05) is 12.1 Å². The summed E-state index contributed by atoms with van der Waals surface area (Å²) >= 11 is 0. The number of piperidine rings is 1. The molecule has 2 aliphatic heterocycles. The van der Waals surface area contributed by atoms with Gasteiger partial charge in [0.1, 0.15) is 11.5 Å². The molecule has 0 spiro atoms. The normalized spacial score (nSPS) is 21.9. The lowest BCUT2D eigenvalue weighted by Gasteiger charge is -2.37. The van der Waals surface area contributed by atoms with Crippen molar-refractivity contribution in [3.63, 3.8) is 0 Å².